The number of methoxy groups -OCH3 is 2. The van der Waals surface area contributed by atoms with Gasteiger partial charge in [-0.15, -0.1) is 0 Å². The first-order valence-electron chi connectivity index (χ1n) is 9.57. The Bertz CT molecular complexity index is 833. The average molecular weight is 445 g/mol. The molecule has 1 aromatic heterocycles. The molecule has 2 aliphatic rings. The summed E-state index contributed by atoms with van der Waals surface area (Å²) < 4.78 is 33.0. The van der Waals surface area contributed by atoms with Crippen molar-refractivity contribution in [3.63, 3.8) is 0 Å². The fourth-order valence-electron chi connectivity index (χ4n) is 3.63. The first-order valence-corrected chi connectivity index (χ1v) is 9.57. The Hall–Kier alpha value is -2.16. The lowest BCUT2D eigenvalue weighted by Crippen LogP contribution is -2.46. The van der Waals surface area contributed by atoms with Gasteiger partial charge in [-0.05, 0) is 27.7 Å². The maximum atomic E-state index is 11.6. The van der Waals surface area contributed by atoms with Crippen LogP contribution in [0.4, 0.5) is 5.69 Å². The van der Waals surface area contributed by atoms with Gasteiger partial charge in [0.05, 0.1) is 25.7 Å². The van der Waals surface area contributed by atoms with E-state index in [0.717, 1.165) is 0 Å². The van der Waals surface area contributed by atoms with Crippen molar-refractivity contribution in [3.8, 4) is 11.9 Å². The Morgan fingerprint density at radius 2 is 1.77 bits per heavy atom. The SMILES string of the molecule is COc1nc(OC)c([N+](=O)[O-])c([C@@H](O)[C@H](O)[C@@H]2OC(C)(C)O[C@@H]2[C@H]2COC(C)(C)O2)n1. The van der Waals surface area contributed by atoms with E-state index in [-0.39, 0.29) is 12.6 Å². The van der Waals surface area contributed by atoms with E-state index < -0.39 is 64.3 Å². The molecule has 3 rings (SSSR count). The van der Waals surface area contributed by atoms with Crippen LogP contribution in [0.1, 0.15) is 39.5 Å². The Morgan fingerprint density at radius 1 is 1.10 bits per heavy atom. The molecule has 0 unspecified atom stereocenters. The summed E-state index contributed by atoms with van der Waals surface area (Å²) >= 11 is 0. The third-order valence-corrected chi connectivity index (χ3v) is 4.92. The maximum Gasteiger partial charge on any atom is 0.355 e. The zero-order valence-electron chi connectivity index (χ0n) is 18.1. The topological polar surface area (TPSA) is 165 Å². The van der Waals surface area contributed by atoms with Crippen molar-refractivity contribution >= 4 is 5.69 Å². The second-order valence-corrected chi connectivity index (χ2v) is 8.08. The van der Waals surface area contributed by atoms with Crippen LogP contribution >= 0.6 is 0 Å². The highest BCUT2D eigenvalue weighted by atomic mass is 16.8. The molecule has 2 aliphatic heterocycles. The summed E-state index contributed by atoms with van der Waals surface area (Å²) in [6, 6.07) is -0.279. The summed E-state index contributed by atoms with van der Waals surface area (Å²) in [4.78, 5) is 18.4. The van der Waals surface area contributed by atoms with Crippen molar-refractivity contribution in [2.45, 2.75) is 69.8 Å². The van der Waals surface area contributed by atoms with Crippen molar-refractivity contribution in [2.75, 3.05) is 20.8 Å². The van der Waals surface area contributed by atoms with Crippen molar-refractivity contribution in [1.29, 1.82) is 0 Å². The zero-order chi connectivity index (χ0) is 23.1. The molecule has 0 amide bonds. The van der Waals surface area contributed by atoms with E-state index in [1.807, 2.05) is 0 Å². The molecule has 0 bridgehead atoms. The van der Waals surface area contributed by atoms with E-state index in [0.29, 0.717) is 0 Å². The number of rotatable bonds is 7. The van der Waals surface area contributed by atoms with Crippen molar-refractivity contribution in [2.24, 2.45) is 0 Å². The van der Waals surface area contributed by atoms with E-state index in [1.54, 1.807) is 27.7 Å². The lowest BCUT2D eigenvalue weighted by atomic mass is 9.97. The Labute approximate surface area is 178 Å². The summed E-state index contributed by atoms with van der Waals surface area (Å²) in [6.07, 6.45) is -6.08. The Kier molecular flexibility index (Phi) is 6.37. The fourth-order valence-corrected chi connectivity index (χ4v) is 3.63. The summed E-state index contributed by atoms with van der Waals surface area (Å²) in [5.74, 6) is -2.40. The van der Waals surface area contributed by atoms with Gasteiger partial charge in [-0.2, -0.15) is 9.97 Å². The van der Waals surface area contributed by atoms with Gasteiger partial charge in [-0.1, -0.05) is 0 Å². The first kappa shape index (κ1) is 23.5. The lowest BCUT2D eigenvalue weighted by molar-refractivity contribution is -0.388. The smallest absolute Gasteiger partial charge is 0.355 e. The van der Waals surface area contributed by atoms with Gasteiger partial charge in [0.2, 0.25) is 0 Å². The molecule has 2 N–H and O–H groups in total. The number of nitrogens with zero attached hydrogens (tertiary/aromatic N) is 3. The molecule has 0 spiro atoms. The van der Waals surface area contributed by atoms with Gasteiger partial charge >= 0.3 is 17.6 Å². The number of aromatic nitrogens is 2. The second-order valence-electron chi connectivity index (χ2n) is 8.08. The minimum absolute atomic E-state index is 0.172. The summed E-state index contributed by atoms with van der Waals surface area (Å²) in [5, 5.41) is 33.5. The van der Waals surface area contributed by atoms with Crippen molar-refractivity contribution < 1.29 is 43.6 Å². The second kappa shape index (κ2) is 8.41. The average Bonchev–Trinajstić information content (AvgIpc) is 3.23. The van der Waals surface area contributed by atoms with Gasteiger partial charge in [-0.3, -0.25) is 10.1 Å². The molecule has 174 valence electrons. The van der Waals surface area contributed by atoms with Crippen LogP contribution in [0.5, 0.6) is 11.9 Å². The minimum Gasteiger partial charge on any atom is -0.476 e. The van der Waals surface area contributed by atoms with E-state index in [4.69, 9.17) is 28.4 Å². The van der Waals surface area contributed by atoms with E-state index in [1.165, 1.54) is 14.2 Å². The van der Waals surface area contributed by atoms with Crippen LogP contribution in [-0.4, -0.2) is 81.9 Å². The van der Waals surface area contributed by atoms with Gasteiger partial charge in [0.15, 0.2) is 17.3 Å². The van der Waals surface area contributed by atoms with Gasteiger partial charge in [0, 0.05) is 0 Å². The van der Waals surface area contributed by atoms with Gasteiger partial charge < -0.3 is 38.6 Å². The third kappa shape index (κ3) is 4.71. The molecule has 0 saturated carbocycles. The highest BCUT2D eigenvalue weighted by Crippen LogP contribution is 2.41. The number of hydrogen-bond acceptors (Lipinski definition) is 12. The number of aliphatic hydroxyl groups excluding tert-OH is 2. The van der Waals surface area contributed by atoms with Crippen LogP contribution in [0.25, 0.3) is 0 Å². The number of aliphatic hydroxyl groups is 2. The van der Waals surface area contributed by atoms with Crippen molar-refractivity contribution in [1.82, 2.24) is 9.97 Å². The van der Waals surface area contributed by atoms with Crippen LogP contribution < -0.4 is 9.47 Å². The Balaban J connectivity index is 1.96. The summed E-state index contributed by atoms with van der Waals surface area (Å²) in [7, 11) is 2.42. The number of ether oxygens (including phenoxy) is 6. The van der Waals surface area contributed by atoms with Crippen LogP contribution in [-0.2, 0) is 18.9 Å². The molecular weight excluding hydrogens is 418 g/mol. The highest BCUT2D eigenvalue weighted by Gasteiger charge is 2.54. The highest BCUT2D eigenvalue weighted by molar-refractivity contribution is 5.47. The molecular formula is C18H27N3O10. The van der Waals surface area contributed by atoms with Gasteiger partial charge in [0.25, 0.3) is 0 Å². The molecule has 31 heavy (non-hydrogen) atoms. The summed E-state index contributed by atoms with van der Waals surface area (Å²) in [6.45, 7) is 6.91. The van der Waals surface area contributed by atoms with Gasteiger partial charge in [-0.25, -0.2) is 0 Å². The number of hydrogen-bond donors (Lipinski definition) is 2. The van der Waals surface area contributed by atoms with Crippen LogP contribution in [0.3, 0.4) is 0 Å². The molecule has 3 heterocycles. The van der Waals surface area contributed by atoms with Gasteiger partial charge in [0.1, 0.15) is 30.5 Å². The molecule has 2 saturated heterocycles. The molecule has 5 atom stereocenters. The molecule has 13 nitrogen and oxygen atoms in total. The van der Waals surface area contributed by atoms with Crippen LogP contribution in [0.2, 0.25) is 0 Å². The monoisotopic (exact) mass is 445 g/mol. The van der Waals surface area contributed by atoms with Crippen LogP contribution in [0, 0.1) is 10.1 Å². The third-order valence-electron chi connectivity index (χ3n) is 4.92. The van der Waals surface area contributed by atoms with E-state index in [9.17, 15) is 20.3 Å². The van der Waals surface area contributed by atoms with E-state index >= 15 is 0 Å². The minimum atomic E-state index is -1.86. The van der Waals surface area contributed by atoms with E-state index in [2.05, 4.69) is 9.97 Å². The van der Waals surface area contributed by atoms with Crippen molar-refractivity contribution in [3.05, 3.63) is 15.8 Å². The fraction of sp³-hybridized carbons (Fsp3) is 0.778. The maximum absolute atomic E-state index is 11.6. The first-order chi connectivity index (χ1) is 14.4. The quantitative estimate of drug-likeness (QED) is 0.441. The normalized spacial score (nSPS) is 28.8. The lowest BCUT2D eigenvalue weighted by Gasteiger charge is -2.28. The number of nitro groups is 1. The largest absolute Gasteiger partial charge is 0.476 e. The van der Waals surface area contributed by atoms with Crippen LogP contribution in [0.15, 0.2) is 0 Å². The molecule has 2 fully saturated rings. The molecule has 0 radical (unpaired) electrons. The molecule has 13 heteroatoms. The molecule has 0 aromatic carbocycles. The predicted molar refractivity (Wildman–Crippen MR) is 101 cm³/mol. The molecule has 0 aliphatic carbocycles. The zero-order valence-corrected chi connectivity index (χ0v) is 18.1. The standard InChI is InChI=1S/C18H27N3O10/c1-17(2)28-7-8(29-17)13-14(31-18(3,4)30-13)12(23)11(22)9-10(21(24)25)15(26-5)20-16(19-9)27-6/h8,11-14,22-23H,7H2,1-6H3/t8-,11-,12+,13-,14+/m1/s1. The Morgan fingerprint density at radius 3 is 2.29 bits per heavy atom. The summed E-state index contributed by atoms with van der Waals surface area (Å²) in [5.41, 5.74) is -1.19. The molecule has 1 aromatic rings. The predicted octanol–water partition coefficient (Wildman–Crippen LogP) is 0.468.